The first kappa shape index (κ1) is 44.9. The van der Waals surface area contributed by atoms with Crippen LogP contribution in [0.5, 0.6) is 0 Å². The molecule has 6 N–H and O–H groups in total. The van der Waals surface area contributed by atoms with Crippen molar-refractivity contribution in [2.75, 3.05) is 52.4 Å². The molecular weight excluding hydrogens is 724 g/mol. The minimum atomic E-state index is 0. The van der Waals surface area contributed by atoms with Gasteiger partial charge in [-0.1, -0.05) is 121 Å². The number of thiocarbonyl (C=S) groups is 2. The van der Waals surface area contributed by atoms with Crippen LogP contribution in [-0.4, -0.2) is 62.6 Å². The van der Waals surface area contributed by atoms with Crippen molar-refractivity contribution in [3.05, 3.63) is 144 Å². The Morgan fingerprint density at radius 3 is 0.942 bits per heavy atom. The average molecular weight is 782 g/mol. The molecule has 0 spiro atoms. The summed E-state index contributed by atoms with van der Waals surface area (Å²) in [6, 6.07) is 42.9. The molecule has 0 aliphatic heterocycles. The lowest BCUT2D eigenvalue weighted by atomic mass is 9.88. The van der Waals surface area contributed by atoms with Gasteiger partial charge in [0, 0.05) is 38.0 Å². The first-order valence-electron chi connectivity index (χ1n) is 18.4. The highest BCUT2D eigenvalue weighted by Crippen LogP contribution is 2.28. The quantitative estimate of drug-likeness (QED) is 0.0335. The van der Waals surface area contributed by atoms with Crippen LogP contribution in [0.4, 0.5) is 0 Å². The number of hydrogen-bond acceptors (Lipinski definition) is 4. The standard InChI is InChI=1S/C42H56N6S2.2ClH/c49-41(47-33-25-39(35-17-5-1-6-18-35)36-19-7-2-8-20-36)45-31-15-29-43-27-13-14-28-44-30-16-32-46-42(50)48-34-26-40(37-21-9-3-10-22-37)38-23-11-4-12-24-38;;/h1-12,17-24,39-40,43-44H,13-16,25-34H2,(H2,45,47,49)(H2,46,48,50);2*1H. The molecule has 0 amide bonds. The smallest absolute Gasteiger partial charge is 0.166 e. The third kappa shape index (κ3) is 18.0. The molecule has 0 radical (unpaired) electrons. The molecule has 0 saturated carbocycles. The van der Waals surface area contributed by atoms with Gasteiger partial charge in [0.05, 0.1) is 0 Å². The van der Waals surface area contributed by atoms with Gasteiger partial charge in [0.2, 0.25) is 0 Å². The predicted molar refractivity (Wildman–Crippen MR) is 235 cm³/mol. The Labute approximate surface area is 335 Å². The highest BCUT2D eigenvalue weighted by molar-refractivity contribution is 7.80. The van der Waals surface area contributed by atoms with Gasteiger partial charge in [0.15, 0.2) is 10.2 Å². The van der Waals surface area contributed by atoms with E-state index in [-0.39, 0.29) is 24.8 Å². The second-order valence-corrected chi connectivity index (χ2v) is 13.4. The van der Waals surface area contributed by atoms with E-state index in [1.54, 1.807) is 0 Å². The minimum Gasteiger partial charge on any atom is -0.363 e. The molecule has 52 heavy (non-hydrogen) atoms. The largest absolute Gasteiger partial charge is 0.363 e. The van der Waals surface area contributed by atoms with Crippen molar-refractivity contribution < 1.29 is 0 Å². The van der Waals surface area contributed by atoms with Crippen molar-refractivity contribution in [1.82, 2.24) is 31.9 Å². The van der Waals surface area contributed by atoms with E-state index < -0.39 is 0 Å². The molecule has 0 aromatic heterocycles. The van der Waals surface area contributed by atoms with Crippen LogP contribution in [0, 0.1) is 0 Å². The molecule has 0 unspecified atom stereocenters. The molecule has 0 aliphatic rings. The lowest BCUT2D eigenvalue weighted by Crippen LogP contribution is -2.37. The number of halogens is 2. The number of rotatable bonds is 23. The summed E-state index contributed by atoms with van der Waals surface area (Å²) < 4.78 is 0. The van der Waals surface area contributed by atoms with Gasteiger partial charge in [-0.25, -0.2) is 0 Å². The molecule has 4 aromatic rings. The minimum absolute atomic E-state index is 0. The molecule has 4 aromatic carbocycles. The van der Waals surface area contributed by atoms with Crippen molar-refractivity contribution in [3.8, 4) is 0 Å². The molecule has 0 aliphatic carbocycles. The summed E-state index contributed by atoms with van der Waals surface area (Å²) in [5, 5.41) is 22.1. The lowest BCUT2D eigenvalue weighted by molar-refractivity contribution is 0.563. The van der Waals surface area contributed by atoms with E-state index in [1.807, 2.05) is 0 Å². The van der Waals surface area contributed by atoms with Gasteiger partial charge in [-0.2, -0.15) is 0 Å². The average Bonchev–Trinajstić information content (AvgIpc) is 3.16. The zero-order valence-electron chi connectivity index (χ0n) is 30.2. The molecular formula is C42H58Cl2N6S2. The van der Waals surface area contributed by atoms with Crippen LogP contribution in [0.25, 0.3) is 0 Å². The number of benzene rings is 4. The van der Waals surface area contributed by atoms with Crippen LogP contribution >= 0.6 is 49.2 Å². The molecule has 10 heteroatoms. The van der Waals surface area contributed by atoms with E-state index in [0.717, 1.165) is 88.3 Å². The summed E-state index contributed by atoms with van der Waals surface area (Å²) in [6.45, 7) is 7.48. The third-order valence-electron chi connectivity index (χ3n) is 8.83. The fraction of sp³-hybridized carbons (Fsp3) is 0.381. The van der Waals surface area contributed by atoms with Crippen molar-refractivity contribution in [3.63, 3.8) is 0 Å². The number of unbranched alkanes of at least 4 members (excludes halogenated alkanes) is 1. The van der Waals surface area contributed by atoms with Gasteiger partial charge in [-0.3, -0.25) is 0 Å². The second kappa shape index (κ2) is 28.3. The monoisotopic (exact) mass is 780 g/mol. The van der Waals surface area contributed by atoms with Crippen molar-refractivity contribution >= 4 is 59.5 Å². The first-order chi connectivity index (χ1) is 24.7. The maximum absolute atomic E-state index is 5.53. The molecule has 0 fully saturated rings. The van der Waals surface area contributed by atoms with E-state index in [1.165, 1.54) is 35.1 Å². The highest BCUT2D eigenvalue weighted by atomic mass is 35.5. The van der Waals surface area contributed by atoms with Crippen LogP contribution in [0.2, 0.25) is 0 Å². The summed E-state index contributed by atoms with van der Waals surface area (Å²) in [5.74, 6) is 0.705. The van der Waals surface area contributed by atoms with Crippen LogP contribution in [0.1, 0.15) is 72.6 Å². The van der Waals surface area contributed by atoms with E-state index >= 15 is 0 Å². The van der Waals surface area contributed by atoms with E-state index in [0.29, 0.717) is 11.8 Å². The van der Waals surface area contributed by atoms with Gasteiger partial charge >= 0.3 is 0 Å². The Hall–Kier alpha value is -3.24. The van der Waals surface area contributed by atoms with Crippen molar-refractivity contribution in [1.29, 1.82) is 0 Å². The topological polar surface area (TPSA) is 72.2 Å². The van der Waals surface area contributed by atoms with Gasteiger partial charge in [-0.05, 0) is 111 Å². The normalized spacial score (nSPS) is 10.6. The Morgan fingerprint density at radius 2 is 0.635 bits per heavy atom. The maximum Gasteiger partial charge on any atom is 0.166 e. The number of nitrogens with one attached hydrogen (secondary N) is 6. The van der Waals surface area contributed by atoms with Crippen LogP contribution < -0.4 is 31.9 Å². The van der Waals surface area contributed by atoms with Crippen LogP contribution in [-0.2, 0) is 0 Å². The molecule has 0 bridgehead atoms. The molecule has 282 valence electrons. The Morgan fingerprint density at radius 1 is 0.365 bits per heavy atom. The molecule has 0 heterocycles. The van der Waals surface area contributed by atoms with E-state index in [2.05, 4.69) is 153 Å². The molecule has 4 rings (SSSR count). The third-order valence-corrected chi connectivity index (χ3v) is 9.41. The maximum atomic E-state index is 5.53. The summed E-state index contributed by atoms with van der Waals surface area (Å²) in [6.07, 6.45) is 6.40. The first-order valence-corrected chi connectivity index (χ1v) is 19.2. The Balaban J connectivity index is 0.00000468. The van der Waals surface area contributed by atoms with E-state index in [4.69, 9.17) is 24.4 Å². The Kier molecular flexibility index (Phi) is 24.4. The summed E-state index contributed by atoms with van der Waals surface area (Å²) in [7, 11) is 0. The van der Waals surface area contributed by atoms with Crippen molar-refractivity contribution in [2.45, 2.75) is 50.4 Å². The van der Waals surface area contributed by atoms with Gasteiger partial charge in [-0.15, -0.1) is 24.8 Å². The summed E-state index contributed by atoms with van der Waals surface area (Å²) >= 11 is 11.1. The SMILES string of the molecule is Cl.Cl.S=C(NCCCNCCCCNCCCNC(=S)NCCC(c1ccccc1)c1ccccc1)NCCC(c1ccccc1)c1ccccc1. The second-order valence-electron chi connectivity index (χ2n) is 12.6. The predicted octanol–water partition coefficient (Wildman–Crippen LogP) is 7.94. The van der Waals surface area contributed by atoms with E-state index in [9.17, 15) is 0 Å². The van der Waals surface area contributed by atoms with Crippen LogP contribution in [0.15, 0.2) is 121 Å². The molecule has 0 saturated heterocycles. The Bertz CT molecular complexity index is 1280. The van der Waals surface area contributed by atoms with Gasteiger partial charge in [0.25, 0.3) is 0 Å². The molecule has 6 nitrogen and oxygen atoms in total. The zero-order chi connectivity index (χ0) is 34.9. The summed E-state index contributed by atoms with van der Waals surface area (Å²) in [4.78, 5) is 0. The fourth-order valence-electron chi connectivity index (χ4n) is 6.16. The zero-order valence-corrected chi connectivity index (χ0v) is 33.5. The number of hydrogen-bond donors (Lipinski definition) is 6. The van der Waals surface area contributed by atoms with Crippen molar-refractivity contribution in [2.24, 2.45) is 0 Å². The lowest BCUT2D eigenvalue weighted by Gasteiger charge is -2.19. The van der Waals surface area contributed by atoms with Crippen LogP contribution in [0.3, 0.4) is 0 Å². The highest BCUT2D eigenvalue weighted by Gasteiger charge is 2.15. The summed E-state index contributed by atoms with van der Waals surface area (Å²) in [5.41, 5.74) is 5.36. The van der Waals surface area contributed by atoms with Gasteiger partial charge < -0.3 is 31.9 Å². The fourth-order valence-corrected chi connectivity index (χ4v) is 6.57. The molecule has 0 atom stereocenters. The van der Waals surface area contributed by atoms with Gasteiger partial charge in [0.1, 0.15) is 0 Å².